The van der Waals surface area contributed by atoms with Crippen molar-refractivity contribution < 1.29 is 9.47 Å². The molecule has 0 spiro atoms. The van der Waals surface area contributed by atoms with E-state index < -0.39 is 0 Å². The lowest BCUT2D eigenvalue weighted by molar-refractivity contribution is 0.269. The molecule has 0 fully saturated rings. The maximum absolute atomic E-state index is 6.18. The number of halogens is 2. The molecule has 0 saturated heterocycles. The molecule has 2 aromatic rings. The van der Waals surface area contributed by atoms with Crippen LogP contribution in [-0.4, -0.2) is 25.0 Å². The lowest BCUT2D eigenvalue weighted by Gasteiger charge is -2.13. The second-order valence-electron chi connectivity index (χ2n) is 5.11. The number of ether oxygens (including phenoxy) is 2. The lowest BCUT2D eigenvalue weighted by Crippen LogP contribution is -2.28. The third-order valence-electron chi connectivity index (χ3n) is 3.27. The van der Waals surface area contributed by atoms with Gasteiger partial charge in [-0.25, -0.2) is 0 Å². The largest absolute Gasteiger partial charge is 0.490 e. The van der Waals surface area contributed by atoms with Crippen LogP contribution in [0.2, 0.25) is 10.0 Å². The molecular weight excluding hydrogens is 393 g/mol. The first-order chi connectivity index (χ1) is 12.5. The van der Waals surface area contributed by atoms with E-state index in [4.69, 9.17) is 44.9 Å². The molecule has 26 heavy (non-hydrogen) atoms. The van der Waals surface area contributed by atoms with Crippen LogP contribution < -0.4 is 20.2 Å². The van der Waals surface area contributed by atoms with Crippen LogP contribution in [-0.2, 0) is 6.61 Å². The molecule has 0 atom stereocenters. The monoisotopic (exact) mass is 411 g/mol. The minimum absolute atomic E-state index is 0.307. The van der Waals surface area contributed by atoms with E-state index in [1.165, 1.54) is 0 Å². The smallest absolute Gasteiger partial charge is 0.186 e. The number of benzene rings is 2. The van der Waals surface area contributed by atoms with Gasteiger partial charge in [0.25, 0.3) is 0 Å². The zero-order valence-electron chi connectivity index (χ0n) is 14.4. The molecule has 0 bridgehead atoms. The number of rotatable bonds is 7. The molecule has 0 unspecified atom stereocenters. The Morgan fingerprint density at radius 1 is 1.15 bits per heavy atom. The van der Waals surface area contributed by atoms with Crippen LogP contribution in [0.4, 0.5) is 0 Å². The number of hydrogen-bond acceptors (Lipinski definition) is 4. The van der Waals surface area contributed by atoms with E-state index in [-0.39, 0.29) is 0 Å². The normalized spacial score (nSPS) is 10.6. The Balaban J connectivity index is 2.11. The molecule has 0 aliphatic heterocycles. The van der Waals surface area contributed by atoms with Gasteiger partial charge in [-0.2, -0.15) is 5.10 Å². The van der Waals surface area contributed by atoms with Gasteiger partial charge in [0.05, 0.1) is 12.8 Å². The van der Waals surface area contributed by atoms with E-state index in [9.17, 15) is 0 Å². The first kappa shape index (κ1) is 20.3. The Bertz CT molecular complexity index is 800. The molecule has 2 rings (SSSR count). The second-order valence-corrected chi connectivity index (χ2v) is 6.36. The van der Waals surface area contributed by atoms with Gasteiger partial charge >= 0.3 is 0 Å². The summed E-state index contributed by atoms with van der Waals surface area (Å²) in [5.74, 6) is 1.24. The molecule has 5 nitrogen and oxygen atoms in total. The topological polar surface area (TPSA) is 54.9 Å². The average molecular weight is 412 g/mol. The van der Waals surface area contributed by atoms with Crippen molar-refractivity contribution in [3.63, 3.8) is 0 Å². The number of hydrazone groups is 1. The molecule has 138 valence electrons. The molecule has 2 aromatic carbocycles. The SMILES string of the molecule is CCOc1cc(C=NNC(=S)NC)ccc1OCc1ccc(Cl)cc1Cl. The Hall–Kier alpha value is -2.02. The van der Waals surface area contributed by atoms with Crippen molar-refractivity contribution in [1.82, 2.24) is 10.7 Å². The summed E-state index contributed by atoms with van der Waals surface area (Å²) < 4.78 is 11.5. The second kappa shape index (κ2) is 10.2. The van der Waals surface area contributed by atoms with Crippen LogP contribution in [0.5, 0.6) is 11.5 Å². The zero-order chi connectivity index (χ0) is 18.9. The van der Waals surface area contributed by atoms with Gasteiger partial charge < -0.3 is 14.8 Å². The Labute approximate surface area is 168 Å². The molecule has 0 aliphatic rings. The molecule has 2 N–H and O–H groups in total. The van der Waals surface area contributed by atoms with Crippen LogP contribution in [0.15, 0.2) is 41.5 Å². The highest BCUT2D eigenvalue weighted by atomic mass is 35.5. The van der Waals surface area contributed by atoms with Gasteiger partial charge in [-0.3, -0.25) is 5.43 Å². The maximum Gasteiger partial charge on any atom is 0.186 e. The van der Waals surface area contributed by atoms with Crippen molar-refractivity contribution >= 4 is 46.7 Å². The third-order valence-corrected chi connectivity index (χ3v) is 4.16. The van der Waals surface area contributed by atoms with E-state index in [0.29, 0.717) is 39.9 Å². The third kappa shape index (κ3) is 6.05. The molecule has 8 heteroatoms. The summed E-state index contributed by atoms with van der Waals surface area (Å²) in [6, 6.07) is 10.8. The predicted molar refractivity (Wildman–Crippen MR) is 111 cm³/mol. The van der Waals surface area contributed by atoms with E-state index in [0.717, 1.165) is 11.1 Å². The quantitative estimate of drug-likeness (QED) is 0.401. The Morgan fingerprint density at radius 3 is 2.65 bits per heavy atom. The van der Waals surface area contributed by atoms with Crippen molar-refractivity contribution in [2.24, 2.45) is 5.10 Å². The van der Waals surface area contributed by atoms with Crippen LogP contribution in [0.25, 0.3) is 0 Å². The summed E-state index contributed by atoms with van der Waals surface area (Å²) in [5, 5.41) is 8.41. The summed E-state index contributed by atoms with van der Waals surface area (Å²) >= 11 is 17.1. The van der Waals surface area contributed by atoms with Gasteiger partial charge in [-0.15, -0.1) is 0 Å². The highest BCUT2D eigenvalue weighted by Crippen LogP contribution is 2.30. The van der Waals surface area contributed by atoms with Crippen molar-refractivity contribution in [2.45, 2.75) is 13.5 Å². The first-order valence-corrected chi connectivity index (χ1v) is 9.04. The molecule has 0 amide bonds. The van der Waals surface area contributed by atoms with Gasteiger partial charge in [-0.1, -0.05) is 29.3 Å². The van der Waals surface area contributed by atoms with E-state index in [1.54, 1.807) is 25.4 Å². The number of nitrogens with zero attached hydrogens (tertiary/aromatic N) is 1. The summed E-state index contributed by atoms with van der Waals surface area (Å²) in [4.78, 5) is 0. The average Bonchev–Trinajstić information content (AvgIpc) is 2.62. The van der Waals surface area contributed by atoms with Crippen molar-refractivity contribution in [3.05, 3.63) is 57.6 Å². The number of thiocarbonyl (C=S) groups is 1. The van der Waals surface area contributed by atoms with Crippen LogP contribution in [0.1, 0.15) is 18.1 Å². The number of nitrogens with one attached hydrogen (secondary N) is 2. The number of hydrogen-bond donors (Lipinski definition) is 2. The zero-order valence-corrected chi connectivity index (χ0v) is 16.7. The van der Waals surface area contributed by atoms with Crippen molar-refractivity contribution in [2.75, 3.05) is 13.7 Å². The minimum atomic E-state index is 0.307. The molecule has 0 aromatic heterocycles. The fourth-order valence-corrected chi connectivity index (χ4v) is 2.52. The summed E-state index contributed by atoms with van der Waals surface area (Å²) in [7, 11) is 1.72. The standard InChI is InChI=1S/C18H19Cl2N3O2S/c1-3-24-17-8-12(10-22-23-18(26)21-2)4-7-16(17)25-11-13-5-6-14(19)9-15(13)20/h4-10H,3,11H2,1-2H3,(H2,21,23,26). The van der Waals surface area contributed by atoms with Crippen LogP contribution in [0.3, 0.4) is 0 Å². The maximum atomic E-state index is 6.18. The van der Waals surface area contributed by atoms with Crippen LogP contribution in [0, 0.1) is 0 Å². The first-order valence-electron chi connectivity index (χ1n) is 7.87. The highest BCUT2D eigenvalue weighted by Gasteiger charge is 2.08. The minimum Gasteiger partial charge on any atom is -0.490 e. The summed E-state index contributed by atoms with van der Waals surface area (Å²) in [6.07, 6.45) is 1.64. The van der Waals surface area contributed by atoms with Crippen molar-refractivity contribution in [1.29, 1.82) is 0 Å². The van der Waals surface area contributed by atoms with Crippen molar-refractivity contribution in [3.8, 4) is 11.5 Å². The van der Waals surface area contributed by atoms with Crippen LogP contribution >= 0.6 is 35.4 Å². The molecule has 0 saturated carbocycles. The van der Waals surface area contributed by atoms with E-state index >= 15 is 0 Å². The van der Waals surface area contributed by atoms with Gasteiger partial charge in [0.1, 0.15) is 6.61 Å². The Kier molecular flexibility index (Phi) is 7.97. The highest BCUT2D eigenvalue weighted by molar-refractivity contribution is 7.80. The Morgan fingerprint density at radius 2 is 1.96 bits per heavy atom. The van der Waals surface area contributed by atoms with Gasteiger partial charge in [0.15, 0.2) is 16.6 Å². The predicted octanol–water partition coefficient (Wildman–Crippen LogP) is 4.40. The van der Waals surface area contributed by atoms with E-state index in [2.05, 4.69) is 15.8 Å². The molecule has 0 radical (unpaired) electrons. The molecular formula is C18H19Cl2N3O2S. The van der Waals surface area contributed by atoms with Gasteiger partial charge in [0.2, 0.25) is 0 Å². The summed E-state index contributed by atoms with van der Waals surface area (Å²) in [5.41, 5.74) is 4.38. The lowest BCUT2D eigenvalue weighted by atomic mass is 10.2. The van der Waals surface area contributed by atoms with Gasteiger partial charge in [-0.05, 0) is 55.0 Å². The molecule has 0 aliphatic carbocycles. The fraction of sp³-hybridized carbons (Fsp3) is 0.222. The van der Waals surface area contributed by atoms with E-state index in [1.807, 2.05) is 31.2 Å². The summed E-state index contributed by atoms with van der Waals surface area (Å²) in [6.45, 7) is 2.73. The fourth-order valence-electron chi connectivity index (χ4n) is 2.01. The van der Waals surface area contributed by atoms with Gasteiger partial charge in [0, 0.05) is 22.7 Å². The molecule has 0 heterocycles.